The first-order chi connectivity index (χ1) is 9.08. The number of benzene rings is 1. The van der Waals surface area contributed by atoms with Gasteiger partial charge >= 0.3 is 5.97 Å². The van der Waals surface area contributed by atoms with Crippen molar-refractivity contribution < 1.29 is 19.5 Å². The summed E-state index contributed by atoms with van der Waals surface area (Å²) in [6.45, 7) is 1.73. The predicted octanol–water partition coefficient (Wildman–Crippen LogP) is 1.54. The summed E-state index contributed by atoms with van der Waals surface area (Å²) in [7, 11) is 0. The van der Waals surface area contributed by atoms with Crippen LogP contribution >= 0.6 is 15.9 Å². The number of hydrogen-bond donors (Lipinski definition) is 1. The number of halogens is 1. The Morgan fingerprint density at radius 3 is 2.89 bits per heavy atom. The lowest BCUT2D eigenvalue weighted by Gasteiger charge is -2.15. The number of carbonyl (C=O) groups excluding carboxylic acids is 2. The molecule has 0 aliphatic carbocycles. The highest BCUT2D eigenvalue weighted by atomic mass is 79.9. The number of rotatable bonds is 3. The normalized spacial score (nSPS) is 15.8. The number of amides is 1. The minimum atomic E-state index is -0.524. The molecule has 1 aliphatic rings. The molecule has 7 heteroatoms. The highest BCUT2D eigenvalue weighted by Gasteiger charge is 2.36. The maximum atomic E-state index is 12.1. The summed E-state index contributed by atoms with van der Waals surface area (Å²) in [6.07, 6.45) is 0. The highest BCUT2D eigenvalue weighted by molar-refractivity contribution is 9.10. The molecule has 1 amide bonds. The van der Waals surface area contributed by atoms with Gasteiger partial charge in [0.05, 0.1) is 12.3 Å². The van der Waals surface area contributed by atoms with Crippen LogP contribution in [-0.4, -0.2) is 35.9 Å². The lowest BCUT2D eigenvalue weighted by atomic mass is 10.1. The van der Waals surface area contributed by atoms with Crippen molar-refractivity contribution in [1.29, 1.82) is 0 Å². The van der Waals surface area contributed by atoms with E-state index in [1.54, 1.807) is 25.1 Å². The zero-order valence-electron chi connectivity index (χ0n) is 10.1. The average molecular weight is 327 g/mol. The Labute approximate surface area is 117 Å². The summed E-state index contributed by atoms with van der Waals surface area (Å²) >= 11 is 3.28. The molecule has 1 aromatic rings. The van der Waals surface area contributed by atoms with Crippen LogP contribution in [0.5, 0.6) is 0 Å². The second-order valence-corrected chi connectivity index (χ2v) is 4.72. The van der Waals surface area contributed by atoms with Crippen molar-refractivity contribution in [2.24, 2.45) is 5.16 Å². The van der Waals surface area contributed by atoms with Gasteiger partial charge in [0.1, 0.15) is 6.54 Å². The maximum absolute atomic E-state index is 12.1. The van der Waals surface area contributed by atoms with Gasteiger partial charge in [-0.25, -0.2) is 0 Å². The van der Waals surface area contributed by atoms with Gasteiger partial charge in [-0.3, -0.25) is 14.5 Å². The van der Waals surface area contributed by atoms with E-state index in [4.69, 9.17) is 9.94 Å². The van der Waals surface area contributed by atoms with E-state index in [0.717, 1.165) is 4.47 Å². The Morgan fingerprint density at radius 2 is 2.26 bits per heavy atom. The van der Waals surface area contributed by atoms with Gasteiger partial charge in [-0.15, -0.1) is 0 Å². The smallest absolute Gasteiger partial charge is 0.326 e. The fourth-order valence-corrected chi connectivity index (χ4v) is 2.24. The molecular weight excluding hydrogens is 316 g/mol. The number of oxime groups is 1. The molecule has 1 heterocycles. The Kier molecular flexibility index (Phi) is 3.84. The zero-order valence-corrected chi connectivity index (χ0v) is 11.7. The van der Waals surface area contributed by atoms with Crippen molar-refractivity contribution in [3.63, 3.8) is 0 Å². The van der Waals surface area contributed by atoms with E-state index in [1.807, 2.05) is 0 Å². The first-order valence-corrected chi connectivity index (χ1v) is 6.37. The summed E-state index contributed by atoms with van der Waals surface area (Å²) in [4.78, 5) is 24.8. The molecule has 1 aromatic carbocycles. The van der Waals surface area contributed by atoms with E-state index in [0.29, 0.717) is 11.3 Å². The third kappa shape index (κ3) is 2.46. The lowest BCUT2D eigenvalue weighted by molar-refractivity contribution is -0.142. The van der Waals surface area contributed by atoms with Gasteiger partial charge in [-0.1, -0.05) is 21.1 Å². The molecule has 0 unspecified atom stereocenters. The van der Waals surface area contributed by atoms with Crippen molar-refractivity contribution in [2.75, 3.05) is 18.1 Å². The van der Waals surface area contributed by atoms with Crippen LogP contribution in [-0.2, 0) is 14.3 Å². The maximum Gasteiger partial charge on any atom is 0.326 e. The van der Waals surface area contributed by atoms with Crippen LogP contribution < -0.4 is 4.90 Å². The zero-order chi connectivity index (χ0) is 14.0. The van der Waals surface area contributed by atoms with Crippen LogP contribution in [0.1, 0.15) is 12.5 Å². The SMILES string of the molecule is CCOC(=O)CN1C(=O)/C(=N/O)c2cc(Br)ccc21. The van der Waals surface area contributed by atoms with Crippen molar-refractivity contribution in [3.8, 4) is 0 Å². The molecule has 0 bridgehead atoms. The van der Waals surface area contributed by atoms with Crippen LogP contribution in [0.2, 0.25) is 0 Å². The van der Waals surface area contributed by atoms with Crippen molar-refractivity contribution in [1.82, 2.24) is 0 Å². The summed E-state index contributed by atoms with van der Waals surface area (Å²) in [5.74, 6) is -1.03. The van der Waals surface area contributed by atoms with E-state index in [9.17, 15) is 9.59 Å². The van der Waals surface area contributed by atoms with Crippen LogP contribution in [0.15, 0.2) is 27.8 Å². The molecular formula is C12H11BrN2O4. The molecule has 0 saturated carbocycles. The Morgan fingerprint density at radius 1 is 1.53 bits per heavy atom. The molecule has 0 spiro atoms. The Hall–Kier alpha value is -1.89. The minimum Gasteiger partial charge on any atom is -0.465 e. The fourth-order valence-electron chi connectivity index (χ4n) is 1.88. The van der Waals surface area contributed by atoms with E-state index < -0.39 is 11.9 Å². The molecule has 0 saturated heterocycles. The Bertz CT molecular complexity index is 571. The number of ether oxygens (including phenoxy) is 1. The number of anilines is 1. The number of nitrogens with zero attached hydrogens (tertiary/aromatic N) is 2. The van der Waals surface area contributed by atoms with Crippen LogP contribution in [0.4, 0.5) is 5.69 Å². The molecule has 0 aromatic heterocycles. The highest BCUT2D eigenvalue weighted by Crippen LogP contribution is 2.31. The molecule has 1 N–H and O–H groups in total. The van der Waals surface area contributed by atoms with Crippen LogP contribution in [0.3, 0.4) is 0 Å². The summed E-state index contributed by atoms with van der Waals surface area (Å²) < 4.78 is 5.56. The molecule has 19 heavy (non-hydrogen) atoms. The van der Waals surface area contributed by atoms with E-state index in [1.165, 1.54) is 4.90 Å². The van der Waals surface area contributed by atoms with E-state index in [-0.39, 0.29) is 18.9 Å². The number of esters is 1. The second-order valence-electron chi connectivity index (χ2n) is 3.81. The van der Waals surface area contributed by atoms with Gasteiger partial charge in [-0.2, -0.15) is 0 Å². The standard InChI is InChI=1S/C12H11BrN2O4/c1-2-19-10(16)6-15-9-4-3-7(13)5-8(9)11(14-18)12(15)17/h3-5,18H,2,6H2,1H3/b14-11+. The number of carbonyl (C=O) groups is 2. The van der Waals surface area contributed by atoms with Gasteiger partial charge in [0.25, 0.3) is 5.91 Å². The van der Waals surface area contributed by atoms with Gasteiger partial charge < -0.3 is 9.94 Å². The van der Waals surface area contributed by atoms with Gasteiger partial charge in [0.2, 0.25) is 0 Å². The molecule has 2 rings (SSSR count). The molecule has 100 valence electrons. The van der Waals surface area contributed by atoms with E-state index >= 15 is 0 Å². The summed E-state index contributed by atoms with van der Waals surface area (Å²) in [6, 6.07) is 5.08. The van der Waals surface area contributed by atoms with E-state index in [2.05, 4.69) is 21.1 Å². The number of fused-ring (bicyclic) bond motifs is 1. The second kappa shape index (κ2) is 5.40. The number of hydrogen-bond acceptors (Lipinski definition) is 5. The van der Waals surface area contributed by atoms with Gasteiger partial charge in [0.15, 0.2) is 5.71 Å². The molecule has 0 radical (unpaired) electrons. The predicted molar refractivity (Wildman–Crippen MR) is 71.5 cm³/mol. The van der Waals surface area contributed by atoms with Gasteiger partial charge in [-0.05, 0) is 25.1 Å². The minimum absolute atomic E-state index is 0.0828. The van der Waals surface area contributed by atoms with Gasteiger partial charge in [0, 0.05) is 10.0 Å². The first-order valence-electron chi connectivity index (χ1n) is 5.58. The van der Waals surface area contributed by atoms with Crippen LogP contribution in [0.25, 0.3) is 0 Å². The average Bonchev–Trinajstić information content (AvgIpc) is 2.62. The van der Waals surface area contributed by atoms with Crippen molar-refractivity contribution in [2.45, 2.75) is 6.92 Å². The van der Waals surface area contributed by atoms with Crippen molar-refractivity contribution >= 4 is 39.2 Å². The Balaban J connectivity index is 2.37. The fraction of sp³-hybridized carbons (Fsp3) is 0.250. The first kappa shape index (κ1) is 13.5. The quantitative estimate of drug-likeness (QED) is 0.519. The topological polar surface area (TPSA) is 79.2 Å². The molecule has 0 atom stereocenters. The third-order valence-corrected chi connectivity index (χ3v) is 3.14. The molecule has 1 aliphatic heterocycles. The molecule has 0 fully saturated rings. The largest absolute Gasteiger partial charge is 0.465 e. The third-order valence-electron chi connectivity index (χ3n) is 2.64. The lowest BCUT2D eigenvalue weighted by Crippen LogP contribution is -2.35. The monoisotopic (exact) mass is 326 g/mol. The van der Waals surface area contributed by atoms with Crippen LogP contribution in [0, 0.1) is 0 Å². The van der Waals surface area contributed by atoms with Crippen molar-refractivity contribution in [3.05, 3.63) is 28.2 Å². The molecule has 6 nitrogen and oxygen atoms in total. The summed E-state index contributed by atoms with van der Waals surface area (Å²) in [5, 5.41) is 11.9. The summed E-state index contributed by atoms with van der Waals surface area (Å²) in [5.41, 5.74) is 0.917.